The maximum atomic E-state index is 8.60. The van der Waals surface area contributed by atoms with Crippen molar-refractivity contribution in [2.24, 2.45) is 0 Å². The van der Waals surface area contributed by atoms with Crippen molar-refractivity contribution >= 4 is 5.78 Å². The topological polar surface area (TPSA) is 119 Å². The molecular formula is C7H7ClN3O4+. The first-order valence-corrected chi connectivity index (χ1v) is 4.93. The molecule has 0 spiro atoms. The van der Waals surface area contributed by atoms with Crippen molar-refractivity contribution in [2.45, 2.75) is 0 Å². The van der Waals surface area contributed by atoms with Gasteiger partial charge in [0.1, 0.15) is 12.4 Å². The summed E-state index contributed by atoms with van der Waals surface area (Å²) in [5.41, 5.74) is 0. The predicted molar refractivity (Wildman–Crippen MR) is 37.4 cm³/mol. The molecule has 0 atom stereocenters. The molecular weight excluding hydrogens is 226 g/mol. The largest absolute Gasteiger partial charge is 0.437 e. The van der Waals surface area contributed by atoms with Gasteiger partial charge in [-0.3, -0.25) is 0 Å². The summed E-state index contributed by atoms with van der Waals surface area (Å²) in [6.07, 6.45) is 7.27. The van der Waals surface area contributed by atoms with Gasteiger partial charge in [0.25, 0.3) is 0 Å². The molecule has 0 radical (unpaired) electrons. The first kappa shape index (κ1) is 11.7. The molecule has 0 bridgehead atoms. The average Bonchev–Trinajstić information content (AvgIpc) is 2.16. The molecule has 7 nitrogen and oxygen atoms in total. The molecule has 2 heterocycles. The zero-order chi connectivity index (χ0) is 11.3. The van der Waals surface area contributed by atoms with E-state index in [1.807, 2.05) is 28.9 Å². The van der Waals surface area contributed by atoms with Gasteiger partial charge in [-0.05, 0) is 0 Å². The van der Waals surface area contributed by atoms with Gasteiger partial charge >= 0.3 is 5.78 Å². The Labute approximate surface area is 86.6 Å². The summed E-state index contributed by atoms with van der Waals surface area (Å²) in [6.45, 7) is 0. The van der Waals surface area contributed by atoms with Crippen molar-refractivity contribution < 1.29 is 33.3 Å². The van der Waals surface area contributed by atoms with Gasteiger partial charge in [0, 0.05) is 12.1 Å². The number of nitrogens with zero attached hydrogens (tertiary/aromatic N) is 3. The van der Waals surface area contributed by atoms with Crippen molar-refractivity contribution in [1.82, 2.24) is 9.97 Å². The normalized spacial score (nSPS) is 10.7. The molecule has 0 saturated heterocycles. The highest BCUT2D eigenvalue weighted by molar-refractivity contribution is 5.11. The molecule has 0 amide bonds. The molecule has 0 aliphatic rings. The van der Waals surface area contributed by atoms with Crippen molar-refractivity contribution in [1.29, 1.82) is 0 Å². The summed E-state index contributed by atoms with van der Waals surface area (Å²) >= 11 is 0. The molecule has 0 aliphatic carbocycles. The van der Waals surface area contributed by atoms with E-state index in [-0.39, 0.29) is 0 Å². The van der Waals surface area contributed by atoms with Crippen LogP contribution in [0.25, 0.3) is 5.78 Å². The maximum Gasteiger partial charge on any atom is 0.437 e. The molecule has 0 aromatic carbocycles. The second kappa shape index (κ2) is 4.91. The second-order valence-electron chi connectivity index (χ2n) is 2.34. The quantitative estimate of drug-likeness (QED) is 0.464. The Morgan fingerprint density at radius 1 is 1.07 bits per heavy atom. The summed E-state index contributed by atoms with van der Waals surface area (Å²) in [5, 5.41) is 0. The van der Waals surface area contributed by atoms with Gasteiger partial charge in [-0.25, -0.2) is 4.40 Å². The zero-order valence-corrected chi connectivity index (χ0v) is 8.11. The number of hydrogen-bond donors (Lipinski definition) is 1. The molecule has 8 heteroatoms. The lowest BCUT2D eigenvalue weighted by Crippen LogP contribution is -2.58. The number of aromatic nitrogens is 3. The lowest BCUT2D eigenvalue weighted by Gasteiger charge is -2.03. The summed E-state index contributed by atoms with van der Waals surface area (Å²) < 4.78 is 34.6. The second-order valence-corrected chi connectivity index (χ2v) is 3.13. The number of hydrogen-bond acceptors (Lipinski definition) is 6. The highest BCUT2D eigenvalue weighted by Gasteiger charge is 1.99. The van der Waals surface area contributed by atoms with Gasteiger partial charge in [0.2, 0.25) is 0 Å². The van der Waals surface area contributed by atoms with Gasteiger partial charge in [-0.1, -0.05) is 9.97 Å². The van der Waals surface area contributed by atoms with Crippen molar-refractivity contribution in [3.63, 3.8) is 0 Å². The van der Waals surface area contributed by atoms with E-state index in [0.717, 1.165) is 5.78 Å². The van der Waals surface area contributed by atoms with Crippen LogP contribution in [0, 0.1) is 10.2 Å². The van der Waals surface area contributed by atoms with Crippen LogP contribution in [-0.4, -0.2) is 14.6 Å². The first-order valence-electron chi connectivity index (χ1n) is 3.67. The Balaban J connectivity index is 0.000000195. The summed E-state index contributed by atoms with van der Waals surface area (Å²) in [5.74, 6) is 0.727. The molecule has 0 saturated carbocycles. The minimum atomic E-state index is -4.69. The molecule has 0 aliphatic heterocycles. The fourth-order valence-electron chi connectivity index (χ4n) is 0.832. The van der Waals surface area contributed by atoms with Crippen LogP contribution < -0.4 is 18.4 Å². The lowest BCUT2D eigenvalue weighted by molar-refractivity contribution is -1.92. The van der Waals surface area contributed by atoms with Crippen LogP contribution in [0.3, 0.4) is 0 Å². The fourth-order valence-corrected chi connectivity index (χ4v) is 0.832. The fraction of sp³-hybridized carbons (Fsp3) is 0. The van der Waals surface area contributed by atoms with E-state index >= 15 is 0 Å². The monoisotopic (exact) mass is 232 g/mol. The van der Waals surface area contributed by atoms with Crippen LogP contribution in [0.4, 0.5) is 0 Å². The van der Waals surface area contributed by atoms with E-state index < -0.39 is 10.2 Å². The van der Waals surface area contributed by atoms with Crippen LogP contribution in [-0.2, 0) is 0 Å². The van der Waals surface area contributed by atoms with Crippen LogP contribution in [0.15, 0.2) is 36.9 Å². The van der Waals surface area contributed by atoms with E-state index in [1.54, 1.807) is 12.4 Å². The van der Waals surface area contributed by atoms with Crippen LogP contribution >= 0.6 is 0 Å². The van der Waals surface area contributed by atoms with E-state index in [0.29, 0.717) is 0 Å². The number of rotatable bonds is 0. The molecule has 0 fully saturated rings. The number of halogens is 1. The molecule has 80 valence electrons. The standard InChI is InChI=1S/C7H6N3.ClHO4/c1-3-8-7-9-4-2-6-10(7)5-1;2-1(3,4)5/h1-6H;(H,2,3,4,5)/q+1;. The summed E-state index contributed by atoms with van der Waals surface area (Å²) in [4.78, 5) is 8.07. The minimum Gasteiger partial charge on any atom is -0.206 e. The van der Waals surface area contributed by atoms with Crippen LogP contribution in [0.2, 0.25) is 0 Å². The van der Waals surface area contributed by atoms with E-state index in [9.17, 15) is 0 Å². The van der Waals surface area contributed by atoms with Gasteiger partial charge in [0.15, 0.2) is 0 Å². The van der Waals surface area contributed by atoms with E-state index in [4.69, 9.17) is 18.6 Å². The van der Waals surface area contributed by atoms with Crippen LogP contribution in [0.1, 0.15) is 0 Å². The molecule has 0 unspecified atom stereocenters. The Morgan fingerprint density at radius 3 is 1.80 bits per heavy atom. The predicted octanol–water partition coefficient (Wildman–Crippen LogP) is -3.91. The third kappa shape index (κ3) is 5.15. The molecule has 2 aromatic heterocycles. The van der Waals surface area contributed by atoms with Gasteiger partial charge in [-0.15, -0.1) is 0 Å². The van der Waals surface area contributed by atoms with Crippen LogP contribution in [0.5, 0.6) is 0 Å². The average molecular weight is 233 g/mol. The Bertz CT molecular complexity index is 362. The Morgan fingerprint density at radius 2 is 1.47 bits per heavy atom. The Hall–Kier alpha value is -1.38. The first-order chi connectivity index (χ1) is 6.97. The summed E-state index contributed by atoms with van der Waals surface area (Å²) in [7, 11) is -4.69. The maximum absolute atomic E-state index is 8.60. The molecule has 1 N–H and O–H groups in total. The summed E-state index contributed by atoms with van der Waals surface area (Å²) in [6, 6.07) is 3.74. The molecule has 2 rings (SSSR count). The van der Waals surface area contributed by atoms with Crippen molar-refractivity contribution in [3.8, 4) is 0 Å². The molecule has 2 aromatic rings. The van der Waals surface area contributed by atoms with Gasteiger partial charge in [-0.2, -0.15) is 14.0 Å². The highest BCUT2D eigenvalue weighted by Crippen LogP contribution is 1.81. The lowest BCUT2D eigenvalue weighted by atomic mass is 10.6. The van der Waals surface area contributed by atoms with Gasteiger partial charge in [0.05, 0.1) is 27.3 Å². The smallest absolute Gasteiger partial charge is 0.206 e. The Kier molecular flexibility index (Phi) is 3.83. The third-order valence-corrected chi connectivity index (χ3v) is 1.28. The SMILES string of the molecule is [O-][Cl+3]([O-])([O-])O.c1cnc2nccc[n+]2c1. The van der Waals surface area contributed by atoms with Gasteiger partial charge < -0.3 is 0 Å². The minimum absolute atomic E-state index is 0.727. The van der Waals surface area contributed by atoms with Crippen molar-refractivity contribution in [2.75, 3.05) is 0 Å². The third-order valence-electron chi connectivity index (χ3n) is 1.28. The highest BCUT2D eigenvalue weighted by atomic mass is 35.7. The van der Waals surface area contributed by atoms with E-state index in [2.05, 4.69) is 9.97 Å². The zero-order valence-electron chi connectivity index (χ0n) is 7.36. The van der Waals surface area contributed by atoms with Crippen molar-refractivity contribution in [3.05, 3.63) is 36.9 Å². The number of fused-ring (bicyclic) bond motifs is 1. The van der Waals surface area contributed by atoms with E-state index in [1.165, 1.54) is 0 Å². The molecule has 15 heavy (non-hydrogen) atoms.